The highest BCUT2D eigenvalue weighted by Crippen LogP contribution is 2.43. The Labute approximate surface area is 166 Å². The van der Waals surface area contributed by atoms with Gasteiger partial charge in [0.1, 0.15) is 12.1 Å². The minimum Gasteiger partial charge on any atom is -0.351 e. The van der Waals surface area contributed by atoms with Crippen LogP contribution in [0.25, 0.3) is 5.82 Å². The van der Waals surface area contributed by atoms with Crippen molar-refractivity contribution in [1.82, 2.24) is 25.2 Å². The number of amides is 1. The third kappa shape index (κ3) is 3.87. The van der Waals surface area contributed by atoms with Gasteiger partial charge in [0, 0.05) is 31.7 Å². The molecule has 0 spiro atoms. The Kier molecular flexibility index (Phi) is 7.03. The van der Waals surface area contributed by atoms with E-state index in [4.69, 9.17) is 0 Å². The Morgan fingerprint density at radius 2 is 2.23 bits per heavy atom. The predicted molar refractivity (Wildman–Crippen MR) is 105 cm³/mol. The molecule has 26 heavy (non-hydrogen) atoms. The maximum absolute atomic E-state index is 12.9. The van der Waals surface area contributed by atoms with Gasteiger partial charge < -0.3 is 10.6 Å². The van der Waals surface area contributed by atoms with Crippen LogP contribution in [0.1, 0.15) is 31.2 Å². The summed E-state index contributed by atoms with van der Waals surface area (Å²) in [4.78, 5) is 21.3. The molecule has 0 aromatic carbocycles. The number of imidazole rings is 1. The lowest BCUT2D eigenvalue weighted by Crippen LogP contribution is -2.47. The van der Waals surface area contributed by atoms with Crippen molar-refractivity contribution in [3.05, 3.63) is 42.6 Å². The second-order valence-electron chi connectivity index (χ2n) is 6.90. The van der Waals surface area contributed by atoms with Crippen molar-refractivity contribution in [1.29, 1.82) is 0 Å². The van der Waals surface area contributed by atoms with Gasteiger partial charge in [0.2, 0.25) is 5.91 Å². The van der Waals surface area contributed by atoms with Crippen LogP contribution in [0.4, 0.5) is 0 Å². The van der Waals surface area contributed by atoms with Crippen LogP contribution in [0.5, 0.6) is 0 Å². The summed E-state index contributed by atoms with van der Waals surface area (Å²) in [6.45, 7) is 2.34. The standard InChI is InChI=1S/C18H23N5O.2ClH/c24-17(18-5-2-1-3-15(18)11-20-12-18)22-10-14-4-6-21-16(9-14)23-8-7-19-13-23;;/h4,6-9,13,15,20H,1-3,5,10-12H2,(H,22,24);2*1H/t15-,18+;;/m0../s1. The number of pyridine rings is 1. The summed E-state index contributed by atoms with van der Waals surface area (Å²) in [6, 6.07) is 3.94. The highest BCUT2D eigenvalue weighted by molar-refractivity contribution is 5.85. The van der Waals surface area contributed by atoms with Crippen molar-refractivity contribution >= 4 is 30.7 Å². The number of halogens is 2. The molecule has 8 heteroatoms. The van der Waals surface area contributed by atoms with E-state index in [0.29, 0.717) is 12.5 Å². The molecule has 6 nitrogen and oxygen atoms in total. The molecule has 3 heterocycles. The number of rotatable bonds is 4. The molecule has 1 saturated heterocycles. The monoisotopic (exact) mass is 397 g/mol. The van der Waals surface area contributed by atoms with Crippen LogP contribution in [0, 0.1) is 11.3 Å². The van der Waals surface area contributed by atoms with E-state index in [-0.39, 0.29) is 36.1 Å². The predicted octanol–water partition coefficient (Wildman–Crippen LogP) is 2.51. The lowest BCUT2D eigenvalue weighted by molar-refractivity contribution is -0.134. The van der Waals surface area contributed by atoms with E-state index in [0.717, 1.165) is 37.3 Å². The maximum atomic E-state index is 12.9. The summed E-state index contributed by atoms with van der Waals surface area (Å²) in [5.74, 6) is 1.51. The van der Waals surface area contributed by atoms with Crippen molar-refractivity contribution < 1.29 is 4.79 Å². The average Bonchev–Trinajstić information content (AvgIpc) is 3.29. The number of fused-ring (bicyclic) bond motifs is 1. The van der Waals surface area contributed by atoms with Gasteiger partial charge >= 0.3 is 0 Å². The van der Waals surface area contributed by atoms with E-state index in [2.05, 4.69) is 20.6 Å². The number of hydrogen-bond acceptors (Lipinski definition) is 4. The molecular weight excluding hydrogens is 373 g/mol. The van der Waals surface area contributed by atoms with E-state index in [1.54, 1.807) is 18.7 Å². The van der Waals surface area contributed by atoms with Gasteiger partial charge in [-0.3, -0.25) is 9.36 Å². The van der Waals surface area contributed by atoms with E-state index in [1.807, 2.05) is 22.9 Å². The number of nitrogens with zero attached hydrogens (tertiary/aromatic N) is 3. The van der Waals surface area contributed by atoms with Crippen LogP contribution in [0.3, 0.4) is 0 Å². The molecule has 1 amide bonds. The summed E-state index contributed by atoms with van der Waals surface area (Å²) in [7, 11) is 0. The molecule has 2 N–H and O–H groups in total. The number of aromatic nitrogens is 3. The minimum atomic E-state index is -0.196. The van der Waals surface area contributed by atoms with Gasteiger partial charge in [0.15, 0.2) is 0 Å². The molecule has 0 bridgehead atoms. The van der Waals surface area contributed by atoms with E-state index in [9.17, 15) is 4.79 Å². The molecular formula is C18H25Cl2N5O. The van der Waals surface area contributed by atoms with Crippen molar-refractivity contribution in [2.75, 3.05) is 13.1 Å². The lowest BCUT2D eigenvalue weighted by Gasteiger charge is -2.37. The SMILES string of the molecule is Cl.Cl.O=C(NCc1ccnc(-n2ccnc2)c1)[C@@]12CCCC[C@H]1CNC2. The molecule has 1 aliphatic heterocycles. The second-order valence-corrected chi connectivity index (χ2v) is 6.90. The second kappa shape index (κ2) is 8.84. The van der Waals surface area contributed by atoms with Crippen molar-refractivity contribution in [2.45, 2.75) is 32.2 Å². The quantitative estimate of drug-likeness (QED) is 0.830. The fourth-order valence-corrected chi connectivity index (χ4v) is 4.16. The third-order valence-corrected chi connectivity index (χ3v) is 5.52. The summed E-state index contributed by atoms with van der Waals surface area (Å²) in [5, 5.41) is 6.60. The zero-order chi connectivity index (χ0) is 16.4. The Bertz CT molecular complexity index is 724. The molecule has 2 aromatic rings. The first-order chi connectivity index (χ1) is 11.8. The van der Waals surface area contributed by atoms with Crippen LogP contribution in [-0.2, 0) is 11.3 Å². The zero-order valence-electron chi connectivity index (χ0n) is 14.6. The van der Waals surface area contributed by atoms with Crippen LogP contribution < -0.4 is 10.6 Å². The first-order valence-electron chi connectivity index (χ1n) is 8.70. The van der Waals surface area contributed by atoms with Gasteiger partial charge in [-0.25, -0.2) is 9.97 Å². The summed E-state index contributed by atoms with van der Waals surface area (Å²) >= 11 is 0. The molecule has 2 fully saturated rings. The Balaban J connectivity index is 0.00000121. The smallest absolute Gasteiger partial charge is 0.228 e. The van der Waals surface area contributed by atoms with Gasteiger partial charge in [-0.05, 0) is 43.0 Å². The normalized spacial score (nSPS) is 24.1. The molecule has 2 aromatic heterocycles. The van der Waals surface area contributed by atoms with E-state index < -0.39 is 0 Å². The zero-order valence-corrected chi connectivity index (χ0v) is 16.2. The van der Waals surface area contributed by atoms with Crippen LogP contribution in [0.2, 0.25) is 0 Å². The minimum absolute atomic E-state index is 0. The van der Waals surface area contributed by atoms with Crippen LogP contribution >= 0.6 is 24.8 Å². The third-order valence-electron chi connectivity index (χ3n) is 5.52. The van der Waals surface area contributed by atoms with Gasteiger partial charge in [-0.1, -0.05) is 12.8 Å². The lowest BCUT2D eigenvalue weighted by atomic mass is 9.67. The van der Waals surface area contributed by atoms with Crippen LogP contribution in [0.15, 0.2) is 37.1 Å². The Morgan fingerprint density at radius 3 is 3.04 bits per heavy atom. The largest absolute Gasteiger partial charge is 0.351 e. The summed E-state index contributed by atoms with van der Waals surface area (Å²) in [5.41, 5.74) is 0.857. The number of carbonyl (C=O) groups is 1. The first-order valence-corrected chi connectivity index (χ1v) is 8.70. The van der Waals surface area contributed by atoms with Gasteiger partial charge in [0.05, 0.1) is 5.41 Å². The van der Waals surface area contributed by atoms with Gasteiger partial charge in [0.25, 0.3) is 0 Å². The molecule has 4 rings (SSSR count). The molecule has 1 aliphatic carbocycles. The van der Waals surface area contributed by atoms with Crippen LogP contribution in [-0.4, -0.2) is 33.5 Å². The first kappa shape index (κ1) is 20.7. The average molecular weight is 398 g/mol. The topological polar surface area (TPSA) is 71.8 Å². The Hall–Kier alpha value is -1.63. The molecule has 1 saturated carbocycles. The molecule has 2 aliphatic rings. The van der Waals surface area contributed by atoms with E-state index in [1.165, 1.54) is 12.8 Å². The molecule has 0 unspecified atom stereocenters. The van der Waals surface area contributed by atoms with Crippen molar-refractivity contribution in [3.63, 3.8) is 0 Å². The highest BCUT2D eigenvalue weighted by Gasteiger charge is 2.49. The maximum Gasteiger partial charge on any atom is 0.228 e. The number of hydrogen-bond donors (Lipinski definition) is 2. The van der Waals surface area contributed by atoms with E-state index >= 15 is 0 Å². The number of nitrogens with one attached hydrogen (secondary N) is 2. The summed E-state index contributed by atoms with van der Waals surface area (Å²) < 4.78 is 1.86. The summed E-state index contributed by atoms with van der Waals surface area (Å²) in [6.07, 6.45) is 11.7. The van der Waals surface area contributed by atoms with Gasteiger partial charge in [-0.2, -0.15) is 0 Å². The number of carbonyl (C=O) groups excluding carboxylic acids is 1. The Morgan fingerprint density at radius 1 is 1.35 bits per heavy atom. The highest BCUT2D eigenvalue weighted by atomic mass is 35.5. The van der Waals surface area contributed by atoms with Crippen molar-refractivity contribution in [3.8, 4) is 5.82 Å². The van der Waals surface area contributed by atoms with Crippen molar-refractivity contribution in [2.24, 2.45) is 11.3 Å². The molecule has 142 valence electrons. The molecule has 2 atom stereocenters. The fraction of sp³-hybridized carbons (Fsp3) is 0.500. The molecule has 0 radical (unpaired) electrons. The van der Waals surface area contributed by atoms with Gasteiger partial charge in [-0.15, -0.1) is 24.8 Å². The fourth-order valence-electron chi connectivity index (χ4n) is 4.16.